The van der Waals surface area contributed by atoms with Crippen LogP contribution in [0, 0.1) is 5.41 Å². The fourth-order valence-electron chi connectivity index (χ4n) is 5.64. The van der Waals surface area contributed by atoms with Gasteiger partial charge in [0.05, 0.1) is 13.7 Å². The minimum atomic E-state index is -5.08. The van der Waals surface area contributed by atoms with E-state index in [0.717, 1.165) is 55.3 Å². The van der Waals surface area contributed by atoms with Crippen LogP contribution in [0.15, 0.2) is 42.5 Å². The largest absolute Gasteiger partial charge is 0.496 e. The van der Waals surface area contributed by atoms with Gasteiger partial charge in [0.25, 0.3) is 5.91 Å². The van der Waals surface area contributed by atoms with Gasteiger partial charge < -0.3 is 29.3 Å². The van der Waals surface area contributed by atoms with Crippen molar-refractivity contribution in [2.45, 2.75) is 59.1 Å². The number of aliphatic carboxylic acids is 1. The summed E-state index contributed by atoms with van der Waals surface area (Å²) in [5.41, 5.74) is 3.44. The average molecular weight is 622 g/mol. The molecule has 2 aromatic carbocycles. The van der Waals surface area contributed by atoms with Gasteiger partial charge in [0.2, 0.25) is 0 Å². The number of benzene rings is 2. The third-order valence-corrected chi connectivity index (χ3v) is 7.98. The number of rotatable bonds is 9. The van der Waals surface area contributed by atoms with Crippen LogP contribution in [0.2, 0.25) is 0 Å². The van der Waals surface area contributed by atoms with Crippen LogP contribution < -0.4 is 14.4 Å². The lowest BCUT2D eigenvalue weighted by Gasteiger charge is -2.38. The lowest BCUT2D eigenvalue weighted by Crippen LogP contribution is -2.48. The number of piperazine rings is 1. The molecule has 244 valence electrons. The molecule has 2 saturated heterocycles. The van der Waals surface area contributed by atoms with Crippen molar-refractivity contribution in [2.24, 2.45) is 5.41 Å². The molecule has 0 aliphatic carbocycles. The molecule has 0 unspecified atom stereocenters. The minimum absolute atomic E-state index is 0.0982. The van der Waals surface area contributed by atoms with Crippen LogP contribution in [-0.2, 0) is 4.79 Å². The number of carbonyl (C=O) groups is 2. The Morgan fingerprint density at radius 1 is 1.00 bits per heavy atom. The normalized spacial score (nSPS) is 17.1. The molecular weight excluding hydrogens is 575 g/mol. The zero-order valence-electron chi connectivity index (χ0n) is 26.5. The predicted molar refractivity (Wildman–Crippen MR) is 165 cm³/mol. The SMILES string of the molecule is COc1ccc(C(=O)N2CCN(c3ccc(OCCCN4CCCC(C)(C)C4)cc3)CC2)cc1C(C)C.O=C(O)C(F)(F)F. The predicted octanol–water partition coefficient (Wildman–Crippen LogP) is 6.31. The Labute approximate surface area is 258 Å². The number of amides is 1. The molecule has 2 aliphatic rings. The van der Waals surface area contributed by atoms with Crippen molar-refractivity contribution < 1.29 is 37.3 Å². The first-order valence-electron chi connectivity index (χ1n) is 15.2. The van der Waals surface area contributed by atoms with E-state index in [1.165, 1.54) is 31.6 Å². The number of carboxylic acids is 1. The first kappa shape index (κ1) is 35.0. The van der Waals surface area contributed by atoms with Gasteiger partial charge >= 0.3 is 12.1 Å². The number of alkyl halides is 3. The Morgan fingerprint density at radius 2 is 1.64 bits per heavy atom. The summed E-state index contributed by atoms with van der Waals surface area (Å²) in [6.07, 6.45) is -1.39. The number of hydrogen-bond acceptors (Lipinski definition) is 6. The zero-order chi connectivity index (χ0) is 32.5. The van der Waals surface area contributed by atoms with Crippen molar-refractivity contribution in [1.29, 1.82) is 0 Å². The van der Waals surface area contributed by atoms with Gasteiger partial charge in [-0.2, -0.15) is 13.2 Å². The van der Waals surface area contributed by atoms with Gasteiger partial charge in [-0.1, -0.05) is 27.7 Å². The highest BCUT2D eigenvalue weighted by molar-refractivity contribution is 5.95. The molecule has 1 amide bonds. The minimum Gasteiger partial charge on any atom is -0.496 e. The van der Waals surface area contributed by atoms with Crippen molar-refractivity contribution in [2.75, 3.05) is 64.4 Å². The van der Waals surface area contributed by atoms with Crippen LogP contribution >= 0.6 is 0 Å². The Bertz CT molecular complexity index is 1230. The van der Waals surface area contributed by atoms with E-state index in [1.54, 1.807) is 7.11 Å². The summed E-state index contributed by atoms with van der Waals surface area (Å²) < 4.78 is 43.2. The van der Waals surface area contributed by atoms with E-state index >= 15 is 0 Å². The number of carbonyl (C=O) groups excluding carboxylic acids is 1. The van der Waals surface area contributed by atoms with Gasteiger partial charge in [0, 0.05) is 50.5 Å². The number of hydrogen-bond donors (Lipinski definition) is 1. The van der Waals surface area contributed by atoms with Crippen molar-refractivity contribution in [3.63, 3.8) is 0 Å². The van der Waals surface area contributed by atoms with Crippen LogP contribution in [0.3, 0.4) is 0 Å². The van der Waals surface area contributed by atoms with Gasteiger partial charge in [0.1, 0.15) is 11.5 Å². The van der Waals surface area contributed by atoms with E-state index < -0.39 is 12.1 Å². The highest BCUT2D eigenvalue weighted by Gasteiger charge is 2.38. The van der Waals surface area contributed by atoms with Gasteiger partial charge in [0.15, 0.2) is 0 Å². The first-order valence-corrected chi connectivity index (χ1v) is 15.2. The van der Waals surface area contributed by atoms with Crippen LogP contribution in [-0.4, -0.2) is 92.5 Å². The molecule has 0 atom stereocenters. The third-order valence-electron chi connectivity index (χ3n) is 7.98. The quantitative estimate of drug-likeness (QED) is 0.329. The molecule has 2 aliphatic heterocycles. The fourth-order valence-corrected chi connectivity index (χ4v) is 5.64. The monoisotopic (exact) mass is 621 g/mol. The van der Waals surface area contributed by atoms with E-state index in [-0.39, 0.29) is 5.91 Å². The summed E-state index contributed by atoms with van der Waals surface area (Å²) in [6, 6.07) is 14.2. The number of nitrogens with zero attached hydrogens (tertiary/aromatic N) is 3. The highest BCUT2D eigenvalue weighted by atomic mass is 19.4. The van der Waals surface area contributed by atoms with E-state index in [4.69, 9.17) is 19.4 Å². The molecule has 0 radical (unpaired) electrons. The third kappa shape index (κ3) is 10.3. The van der Waals surface area contributed by atoms with Crippen LogP contribution in [0.25, 0.3) is 0 Å². The van der Waals surface area contributed by atoms with Gasteiger partial charge in [-0.05, 0) is 85.2 Å². The molecule has 11 heteroatoms. The van der Waals surface area contributed by atoms with Crippen molar-refractivity contribution in [3.8, 4) is 11.5 Å². The summed E-state index contributed by atoms with van der Waals surface area (Å²) in [4.78, 5) is 29.0. The average Bonchev–Trinajstić information content (AvgIpc) is 2.98. The Kier molecular flexibility index (Phi) is 12.3. The van der Waals surface area contributed by atoms with Gasteiger partial charge in [-0.15, -0.1) is 0 Å². The molecule has 0 aromatic heterocycles. The molecule has 8 nitrogen and oxygen atoms in total. The second kappa shape index (κ2) is 15.5. The number of likely N-dealkylation sites (tertiary alicyclic amines) is 1. The number of piperidine rings is 1. The number of halogens is 3. The molecular formula is C33H46F3N3O5. The van der Waals surface area contributed by atoms with Crippen molar-refractivity contribution >= 4 is 17.6 Å². The Balaban J connectivity index is 0.000000676. The van der Waals surface area contributed by atoms with Gasteiger partial charge in [-0.25, -0.2) is 4.79 Å². The lowest BCUT2D eigenvalue weighted by atomic mass is 9.84. The number of anilines is 1. The van der Waals surface area contributed by atoms with E-state index in [2.05, 4.69) is 61.8 Å². The molecule has 2 heterocycles. The van der Waals surface area contributed by atoms with Crippen molar-refractivity contribution in [1.82, 2.24) is 9.80 Å². The fraction of sp³-hybridized carbons (Fsp3) is 0.576. The van der Waals surface area contributed by atoms with Crippen LogP contribution in [0.5, 0.6) is 11.5 Å². The second-order valence-electron chi connectivity index (χ2n) is 12.4. The van der Waals surface area contributed by atoms with E-state index in [0.29, 0.717) is 24.4 Å². The molecule has 0 bridgehead atoms. The Hall–Kier alpha value is -3.47. The highest BCUT2D eigenvalue weighted by Crippen LogP contribution is 2.29. The molecule has 4 rings (SSSR count). The van der Waals surface area contributed by atoms with Crippen LogP contribution in [0.1, 0.15) is 68.8 Å². The molecule has 2 aromatic rings. The maximum Gasteiger partial charge on any atom is 0.490 e. The summed E-state index contributed by atoms with van der Waals surface area (Å²) in [5.74, 6) is -0.589. The van der Waals surface area contributed by atoms with E-state index in [9.17, 15) is 18.0 Å². The maximum absolute atomic E-state index is 13.2. The standard InChI is InChI=1S/C31H45N3O3.C2HF3O2/c1-24(2)28-22-25(8-13-29(28)36-5)30(35)34-19-17-33(18-20-34)26-9-11-27(12-10-26)37-21-7-16-32-15-6-14-31(3,4)23-32;3-2(4,5)1(6)7/h8-13,22,24H,6-7,14-21,23H2,1-5H3;(H,6,7). The molecule has 0 saturated carbocycles. The van der Waals surface area contributed by atoms with E-state index in [1.807, 2.05) is 23.1 Å². The van der Waals surface area contributed by atoms with Crippen LogP contribution in [0.4, 0.5) is 18.9 Å². The maximum atomic E-state index is 13.2. The molecule has 44 heavy (non-hydrogen) atoms. The summed E-state index contributed by atoms with van der Waals surface area (Å²) in [6.45, 7) is 16.3. The molecule has 2 fully saturated rings. The second-order valence-corrected chi connectivity index (χ2v) is 12.4. The lowest BCUT2D eigenvalue weighted by molar-refractivity contribution is -0.192. The molecule has 0 spiro atoms. The molecule has 1 N–H and O–H groups in total. The first-order chi connectivity index (χ1) is 20.7. The number of ether oxygens (including phenoxy) is 2. The Morgan fingerprint density at radius 3 is 2.18 bits per heavy atom. The summed E-state index contributed by atoms with van der Waals surface area (Å²) in [7, 11) is 1.68. The summed E-state index contributed by atoms with van der Waals surface area (Å²) >= 11 is 0. The topological polar surface area (TPSA) is 82.6 Å². The summed E-state index contributed by atoms with van der Waals surface area (Å²) in [5, 5.41) is 7.12. The number of carboxylic acid groups (broad SMARTS) is 1. The smallest absolute Gasteiger partial charge is 0.490 e. The zero-order valence-corrected chi connectivity index (χ0v) is 26.5. The van der Waals surface area contributed by atoms with Gasteiger partial charge in [-0.3, -0.25) is 4.79 Å². The van der Waals surface area contributed by atoms with Crippen molar-refractivity contribution in [3.05, 3.63) is 53.6 Å². The number of methoxy groups -OCH3 is 1.